The van der Waals surface area contributed by atoms with Crippen molar-refractivity contribution in [3.63, 3.8) is 0 Å². The van der Waals surface area contributed by atoms with Crippen molar-refractivity contribution in [2.24, 2.45) is 0 Å². The summed E-state index contributed by atoms with van der Waals surface area (Å²) in [4.78, 5) is 0. The maximum absolute atomic E-state index is 7.00. The van der Waals surface area contributed by atoms with Crippen molar-refractivity contribution in [3.8, 4) is 0 Å². The molecule has 0 aliphatic rings. The van der Waals surface area contributed by atoms with Crippen LogP contribution >= 0.6 is 0 Å². The summed E-state index contributed by atoms with van der Waals surface area (Å²) < 4.78 is 0. The Bertz CT molecular complexity index is 767. The van der Waals surface area contributed by atoms with Crippen molar-refractivity contribution in [1.82, 2.24) is 0 Å². The fourth-order valence-corrected chi connectivity index (χ4v) is 3.80. The van der Waals surface area contributed by atoms with Crippen LogP contribution in [0.4, 0.5) is 0 Å². The predicted octanol–water partition coefficient (Wildman–Crippen LogP) is 6.50. The second kappa shape index (κ2) is 20.4. The molecule has 0 spiro atoms. The van der Waals surface area contributed by atoms with E-state index >= 15 is 0 Å². The lowest BCUT2D eigenvalue weighted by molar-refractivity contribution is 0.399. The van der Waals surface area contributed by atoms with Gasteiger partial charge in [-0.25, -0.2) is 0 Å². The van der Waals surface area contributed by atoms with Crippen LogP contribution in [0.2, 0.25) is 0 Å². The molecule has 4 rings (SSSR count). The fraction of sp³-hybridized carbons (Fsp3) is 0.226. The molecule has 182 valence electrons. The van der Waals surface area contributed by atoms with Gasteiger partial charge in [0, 0.05) is 33.2 Å². The first kappa shape index (κ1) is 30.8. The van der Waals surface area contributed by atoms with E-state index in [9.17, 15) is 0 Å². The third-order valence-corrected chi connectivity index (χ3v) is 4.97. The van der Waals surface area contributed by atoms with Gasteiger partial charge in [-0.15, -0.1) is 0 Å². The zero-order valence-corrected chi connectivity index (χ0v) is 21.0. The molecular weight excluding hydrogens is 420 g/mol. The molecule has 34 heavy (non-hydrogen) atoms. The standard InChI is InChI=1S/C26H22.C2H6.3CH4O/c1-5-13-21(14-6-1)25(22-15-7-2-8-16-22)26(23-17-9-3-10-18-23)24-19-11-4-12-20-24;4*1-2/h1-20,25-26H;1-2H3;3*2H,1H3. The third-order valence-electron chi connectivity index (χ3n) is 4.97. The minimum Gasteiger partial charge on any atom is -0.400 e. The molecule has 0 aromatic heterocycles. The van der Waals surface area contributed by atoms with Crippen molar-refractivity contribution >= 4 is 0 Å². The van der Waals surface area contributed by atoms with Crippen molar-refractivity contribution in [1.29, 1.82) is 0 Å². The molecule has 0 bridgehead atoms. The summed E-state index contributed by atoms with van der Waals surface area (Å²) in [6.45, 7) is 4.00. The quantitative estimate of drug-likeness (QED) is 0.318. The van der Waals surface area contributed by atoms with E-state index in [4.69, 9.17) is 15.3 Å². The van der Waals surface area contributed by atoms with E-state index in [0.717, 1.165) is 21.3 Å². The number of rotatable bonds is 5. The van der Waals surface area contributed by atoms with Gasteiger partial charge in [0.2, 0.25) is 0 Å². The highest BCUT2D eigenvalue weighted by Crippen LogP contribution is 2.42. The maximum Gasteiger partial charge on any atom is 0.0319 e. The maximum atomic E-state index is 7.00. The molecule has 4 aromatic rings. The van der Waals surface area contributed by atoms with Crippen LogP contribution in [0, 0.1) is 0 Å². The van der Waals surface area contributed by atoms with Gasteiger partial charge in [0.1, 0.15) is 0 Å². The Hall–Kier alpha value is -3.24. The van der Waals surface area contributed by atoms with Gasteiger partial charge in [-0.05, 0) is 22.3 Å². The van der Waals surface area contributed by atoms with Gasteiger partial charge in [-0.2, -0.15) is 0 Å². The number of benzene rings is 4. The van der Waals surface area contributed by atoms with Crippen LogP contribution in [-0.4, -0.2) is 36.6 Å². The third kappa shape index (κ3) is 9.32. The minimum absolute atomic E-state index is 0.266. The molecule has 0 heterocycles. The molecule has 0 saturated heterocycles. The van der Waals surface area contributed by atoms with E-state index in [2.05, 4.69) is 121 Å². The molecule has 0 radical (unpaired) electrons. The fourth-order valence-electron chi connectivity index (χ4n) is 3.80. The summed E-state index contributed by atoms with van der Waals surface area (Å²) in [5.74, 6) is 0.532. The van der Waals surface area contributed by atoms with Crippen LogP contribution < -0.4 is 0 Å². The lowest BCUT2D eigenvalue weighted by Gasteiger charge is -2.29. The lowest BCUT2D eigenvalue weighted by Crippen LogP contribution is -2.14. The van der Waals surface area contributed by atoms with Gasteiger partial charge in [0.25, 0.3) is 0 Å². The first-order valence-corrected chi connectivity index (χ1v) is 11.5. The highest BCUT2D eigenvalue weighted by Gasteiger charge is 2.27. The molecule has 0 aliphatic carbocycles. The second-order valence-electron chi connectivity index (χ2n) is 6.60. The first-order chi connectivity index (χ1) is 16.9. The number of aliphatic hydroxyl groups excluding tert-OH is 3. The lowest BCUT2D eigenvalue weighted by atomic mass is 9.74. The Labute approximate surface area is 206 Å². The topological polar surface area (TPSA) is 60.7 Å². The molecule has 0 saturated carbocycles. The van der Waals surface area contributed by atoms with Crippen molar-refractivity contribution in [2.75, 3.05) is 21.3 Å². The average molecular weight is 461 g/mol. The summed E-state index contributed by atoms with van der Waals surface area (Å²) in [5.41, 5.74) is 5.38. The molecule has 0 amide bonds. The molecular formula is C31H40O3. The number of hydrogen-bond acceptors (Lipinski definition) is 3. The monoisotopic (exact) mass is 460 g/mol. The van der Waals surface area contributed by atoms with Crippen molar-refractivity contribution in [2.45, 2.75) is 25.7 Å². The summed E-state index contributed by atoms with van der Waals surface area (Å²) in [5, 5.41) is 21.0. The summed E-state index contributed by atoms with van der Waals surface area (Å²) in [7, 11) is 3.00. The molecule has 3 nitrogen and oxygen atoms in total. The van der Waals surface area contributed by atoms with Crippen LogP contribution in [0.5, 0.6) is 0 Å². The van der Waals surface area contributed by atoms with Gasteiger partial charge in [-0.1, -0.05) is 135 Å². The molecule has 3 N–H and O–H groups in total. The molecule has 0 aliphatic heterocycles. The Kier molecular flexibility index (Phi) is 18.4. The zero-order chi connectivity index (χ0) is 25.6. The van der Waals surface area contributed by atoms with E-state index in [1.165, 1.54) is 22.3 Å². The van der Waals surface area contributed by atoms with E-state index in [-0.39, 0.29) is 11.8 Å². The normalized spacial score (nSPS) is 9.12. The van der Waals surface area contributed by atoms with Crippen LogP contribution in [0.3, 0.4) is 0 Å². The number of hydrogen-bond donors (Lipinski definition) is 3. The van der Waals surface area contributed by atoms with E-state index in [0.29, 0.717) is 0 Å². The van der Waals surface area contributed by atoms with Crippen LogP contribution in [0.15, 0.2) is 121 Å². The summed E-state index contributed by atoms with van der Waals surface area (Å²) in [6.07, 6.45) is 0. The molecule has 0 atom stereocenters. The Balaban J connectivity index is 0.00000124. The SMILES string of the molecule is CC.CO.CO.CO.c1ccc(C(c2ccccc2)C(c2ccccc2)c2ccccc2)cc1. The Morgan fingerprint density at radius 3 is 0.618 bits per heavy atom. The van der Waals surface area contributed by atoms with Gasteiger partial charge in [0.15, 0.2) is 0 Å². The highest BCUT2D eigenvalue weighted by molar-refractivity contribution is 5.44. The number of aliphatic hydroxyl groups is 3. The average Bonchev–Trinajstić information content (AvgIpc) is 2.98. The highest BCUT2D eigenvalue weighted by atomic mass is 16.2. The second-order valence-corrected chi connectivity index (χ2v) is 6.60. The van der Waals surface area contributed by atoms with E-state index in [1.54, 1.807) is 0 Å². The predicted molar refractivity (Wildman–Crippen MR) is 145 cm³/mol. The van der Waals surface area contributed by atoms with Crippen LogP contribution in [0.25, 0.3) is 0 Å². The van der Waals surface area contributed by atoms with E-state index in [1.807, 2.05) is 13.8 Å². The first-order valence-electron chi connectivity index (χ1n) is 11.5. The molecule has 0 fully saturated rings. The molecule has 3 heteroatoms. The van der Waals surface area contributed by atoms with Crippen LogP contribution in [-0.2, 0) is 0 Å². The molecule has 4 aromatic carbocycles. The van der Waals surface area contributed by atoms with Crippen molar-refractivity contribution < 1.29 is 15.3 Å². The summed E-state index contributed by atoms with van der Waals surface area (Å²) in [6, 6.07) is 43.4. The smallest absolute Gasteiger partial charge is 0.0319 e. The van der Waals surface area contributed by atoms with Crippen LogP contribution in [0.1, 0.15) is 47.9 Å². The van der Waals surface area contributed by atoms with Crippen molar-refractivity contribution in [3.05, 3.63) is 144 Å². The van der Waals surface area contributed by atoms with E-state index < -0.39 is 0 Å². The van der Waals surface area contributed by atoms with Gasteiger partial charge < -0.3 is 15.3 Å². The van der Waals surface area contributed by atoms with Gasteiger partial charge in [-0.3, -0.25) is 0 Å². The summed E-state index contributed by atoms with van der Waals surface area (Å²) >= 11 is 0. The van der Waals surface area contributed by atoms with Gasteiger partial charge in [0.05, 0.1) is 0 Å². The molecule has 0 unspecified atom stereocenters. The van der Waals surface area contributed by atoms with Gasteiger partial charge >= 0.3 is 0 Å². The zero-order valence-electron chi connectivity index (χ0n) is 21.0. The Morgan fingerprint density at radius 2 is 0.471 bits per heavy atom. The minimum atomic E-state index is 0.266. The largest absolute Gasteiger partial charge is 0.400 e. The Morgan fingerprint density at radius 1 is 0.324 bits per heavy atom.